The smallest absolute Gasteiger partial charge is 0.211 e. The molecule has 18 heavy (non-hydrogen) atoms. The van der Waals surface area contributed by atoms with Crippen molar-refractivity contribution in [2.24, 2.45) is 0 Å². The molecule has 0 spiro atoms. The first-order valence-corrected chi connectivity index (χ1v) is 6.75. The van der Waals surface area contributed by atoms with Crippen molar-refractivity contribution >= 4 is 21.7 Å². The minimum Gasteiger partial charge on any atom is -0.287 e. The Morgan fingerprint density at radius 3 is 2.44 bits per heavy atom. The van der Waals surface area contributed by atoms with E-state index in [1.807, 2.05) is 30.3 Å². The third kappa shape index (κ3) is 3.05. The molecule has 3 heteroatoms. The van der Waals surface area contributed by atoms with E-state index >= 15 is 0 Å². The fourth-order valence-electron chi connectivity index (χ4n) is 1.77. The Kier molecular flexibility index (Phi) is 4.26. The Morgan fingerprint density at radius 1 is 1.17 bits per heavy atom. The molecule has 0 atom stereocenters. The average molecular weight is 304 g/mol. The van der Waals surface area contributed by atoms with Crippen LogP contribution in [0, 0.1) is 0 Å². The van der Waals surface area contributed by atoms with Gasteiger partial charge >= 0.3 is 0 Å². The lowest BCUT2D eigenvalue weighted by Gasteiger charge is -2.02. The Morgan fingerprint density at radius 2 is 1.89 bits per heavy atom. The van der Waals surface area contributed by atoms with Gasteiger partial charge in [-0.1, -0.05) is 37.6 Å². The van der Waals surface area contributed by atoms with E-state index in [2.05, 4.69) is 27.8 Å². The largest absolute Gasteiger partial charge is 0.287 e. The first-order chi connectivity index (χ1) is 8.70. The summed E-state index contributed by atoms with van der Waals surface area (Å²) >= 11 is 3.30. The molecule has 0 radical (unpaired) electrons. The van der Waals surface area contributed by atoms with Gasteiger partial charge in [0.1, 0.15) is 5.69 Å². The number of halogens is 1. The molecule has 0 aliphatic rings. The molecule has 1 heterocycles. The van der Waals surface area contributed by atoms with E-state index in [-0.39, 0.29) is 5.78 Å². The molecule has 0 saturated carbocycles. The van der Waals surface area contributed by atoms with Gasteiger partial charge in [0.05, 0.1) is 0 Å². The molecule has 1 aromatic heterocycles. The third-order valence-electron chi connectivity index (χ3n) is 2.71. The van der Waals surface area contributed by atoms with Gasteiger partial charge < -0.3 is 0 Å². The molecule has 0 amide bonds. The van der Waals surface area contributed by atoms with Crippen molar-refractivity contribution in [2.75, 3.05) is 0 Å². The maximum Gasteiger partial charge on any atom is 0.211 e. The molecule has 0 saturated heterocycles. The van der Waals surface area contributed by atoms with Crippen LogP contribution in [0.5, 0.6) is 0 Å². The van der Waals surface area contributed by atoms with E-state index in [4.69, 9.17) is 0 Å². The number of aromatic nitrogens is 1. The molecule has 0 unspecified atom stereocenters. The number of carbonyl (C=O) groups excluding carboxylic acids is 1. The monoisotopic (exact) mass is 303 g/mol. The number of nitrogens with zero attached hydrogens (tertiary/aromatic N) is 1. The summed E-state index contributed by atoms with van der Waals surface area (Å²) in [6.45, 7) is 2.14. The second-order valence-electron chi connectivity index (χ2n) is 4.14. The van der Waals surface area contributed by atoms with Gasteiger partial charge in [0.15, 0.2) is 0 Å². The van der Waals surface area contributed by atoms with Gasteiger partial charge in [0.25, 0.3) is 0 Å². The first kappa shape index (κ1) is 13.0. The highest BCUT2D eigenvalue weighted by atomic mass is 79.9. The summed E-state index contributed by atoms with van der Waals surface area (Å²) in [5.41, 5.74) is 2.42. The molecule has 0 fully saturated rings. The lowest BCUT2D eigenvalue weighted by Crippen LogP contribution is -2.03. The van der Waals surface area contributed by atoms with Crippen LogP contribution >= 0.6 is 15.9 Å². The zero-order valence-electron chi connectivity index (χ0n) is 10.2. The zero-order valence-corrected chi connectivity index (χ0v) is 11.8. The van der Waals surface area contributed by atoms with E-state index in [9.17, 15) is 4.79 Å². The van der Waals surface area contributed by atoms with Crippen LogP contribution in [-0.4, -0.2) is 10.8 Å². The molecule has 92 valence electrons. The summed E-state index contributed by atoms with van der Waals surface area (Å²) in [7, 11) is 0. The first-order valence-electron chi connectivity index (χ1n) is 5.96. The number of pyridine rings is 1. The molecule has 0 aliphatic carbocycles. The second-order valence-corrected chi connectivity index (χ2v) is 5.05. The molecule has 2 aromatic rings. The van der Waals surface area contributed by atoms with Crippen LogP contribution in [0.15, 0.2) is 47.1 Å². The minimum atomic E-state index is -0.0365. The number of aryl methyl sites for hydroxylation is 1. The van der Waals surface area contributed by atoms with Crippen molar-refractivity contribution in [3.05, 3.63) is 63.9 Å². The quantitative estimate of drug-likeness (QED) is 0.798. The van der Waals surface area contributed by atoms with E-state index in [1.54, 1.807) is 12.3 Å². The number of hydrogen-bond donors (Lipinski definition) is 0. The van der Waals surface area contributed by atoms with E-state index in [0.29, 0.717) is 11.3 Å². The fourth-order valence-corrected chi connectivity index (χ4v) is 2.00. The van der Waals surface area contributed by atoms with Gasteiger partial charge in [-0.25, -0.2) is 0 Å². The SMILES string of the molecule is CCCc1ccc(C(=O)c2ccc(Br)cn2)cc1. The molecular formula is C15H14BrNO. The summed E-state index contributed by atoms with van der Waals surface area (Å²) in [5, 5.41) is 0. The van der Waals surface area contributed by atoms with Crippen LogP contribution in [0.1, 0.15) is 35.0 Å². The van der Waals surface area contributed by atoms with Gasteiger partial charge in [0, 0.05) is 16.2 Å². The lowest BCUT2D eigenvalue weighted by molar-refractivity contribution is 0.103. The van der Waals surface area contributed by atoms with E-state index < -0.39 is 0 Å². The van der Waals surface area contributed by atoms with Crippen molar-refractivity contribution < 1.29 is 4.79 Å². The summed E-state index contributed by atoms with van der Waals surface area (Å²) in [5.74, 6) is -0.0365. The normalized spacial score (nSPS) is 10.3. The Labute approximate surface area is 115 Å². The van der Waals surface area contributed by atoms with Gasteiger partial charge in [-0.05, 0) is 40.0 Å². The number of carbonyl (C=O) groups is 1. The van der Waals surface area contributed by atoms with Crippen LogP contribution in [0.3, 0.4) is 0 Å². The minimum absolute atomic E-state index is 0.0365. The zero-order chi connectivity index (χ0) is 13.0. The van der Waals surface area contributed by atoms with Crippen LogP contribution in [-0.2, 0) is 6.42 Å². The topological polar surface area (TPSA) is 30.0 Å². The molecule has 0 aliphatic heterocycles. The van der Waals surface area contributed by atoms with Crippen molar-refractivity contribution in [1.82, 2.24) is 4.98 Å². The Bertz CT molecular complexity index is 531. The summed E-state index contributed by atoms with van der Waals surface area (Å²) in [4.78, 5) is 16.3. The standard InChI is InChI=1S/C15H14BrNO/c1-2-3-11-4-6-12(7-5-11)15(18)14-9-8-13(16)10-17-14/h4-10H,2-3H2,1H3. The summed E-state index contributed by atoms with van der Waals surface area (Å²) < 4.78 is 0.873. The van der Waals surface area contributed by atoms with Gasteiger partial charge in [-0.3, -0.25) is 9.78 Å². The number of benzene rings is 1. The van der Waals surface area contributed by atoms with Crippen molar-refractivity contribution in [3.63, 3.8) is 0 Å². The number of rotatable bonds is 4. The number of hydrogen-bond acceptors (Lipinski definition) is 2. The average Bonchev–Trinajstić information content (AvgIpc) is 2.40. The van der Waals surface area contributed by atoms with Crippen LogP contribution in [0.2, 0.25) is 0 Å². The maximum absolute atomic E-state index is 12.1. The number of ketones is 1. The molecule has 0 N–H and O–H groups in total. The highest BCUT2D eigenvalue weighted by molar-refractivity contribution is 9.10. The van der Waals surface area contributed by atoms with Crippen molar-refractivity contribution in [2.45, 2.75) is 19.8 Å². The summed E-state index contributed by atoms with van der Waals surface area (Å²) in [6.07, 6.45) is 3.80. The molecular weight excluding hydrogens is 290 g/mol. The molecule has 1 aromatic carbocycles. The fraction of sp³-hybridized carbons (Fsp3) is 0.200. The Hall–Kier alpha value is -1.48. The van der Waals surface area contributed by atoms with Crippen LogP contribution < -0.4 is 0 Å². The van der Waals surface area contributed by atoms with E-state index in [0.717, 1.165) is 17.3 Å². The van der Waals surface area contributed by atoms with E-state index in [1.165, 1.54) is 5.56 Å². The van der Waals surface area contributed by atoms with Crippen molar-refractivity contribution in [3.8, 4) is 0 Å². The molecule has 2 nitrogen and oxygen atoms in total. The lowest BCUT2D eigenvalue weighted by atomic mass is 10.0. The Balaban J connectivity index is 2.20. The van der Waals surface area contributed by atoms with Gasteiger partial charge in [-0.15, -0.1) is 0 Å². The van der Waals surface area contributed by atoms with Crippen LogP contribution in [0.25, 0.3) is 0 Å². The molecule has 2 rings (SSSR count). The molecule has 0 bridgehead atoms. The van der Waals surface area contributed by atoms with Crippen LogP contribution in [0.4, 0.5) is 0 Å². The van der Waals surface area contributed by atoms with Gasteiger partial charge in [0.2, 0.25) is 5.78 Å². The summed E-state index contributed by atoms with van der Waals surface area (Å²) in [6, 6.07) is 11.3. The predicted molar refractivity (Wildman–Crippen MR) is 75.8 cm³/mol. The highest BCUT2D eigenvalue weighted by Gasteiger charge is 2.09. The third-order valence-corrected chi connectivity index (χ3v) is 3.18. The second kappa shape index (κ2) is 5.91. The highest BCUT2D eigenvalue weighted by Crippen LogP contribution is 2.13. The predicted octanol–water partition coefficient (Wildman–Crippen LogP) is 4.03. The maximum atomic E-state index is 12.1. The van der Waals surface area contributed by atoms with Crippen molar-refractivity contribution in [1.29, 1.82) is 0 Å². The van der Waals surface area contributed by atoms with Gasteiger partial charge in [-0.2, -0.15) is 0 Å².